The van der Waals surface area contributed by atoms with Crippen LogP contribution in [0.15, 0.2) is 150 Å². The third kappa shape index (κ3) is 3.75. The summed E-state index contributed by atoms with van der Waals surface area (Å²) in [4.78, 5) is 10.8. The lowest BCUT2D eigenvalue weighted by Gasteiger charge is -2.15. The molecule has 9 aromatic rings. The average molecular weight is 549 g/mol. The summed E-state index contributed by atoms with van der Waals surface area (Å²) in [6, 6.07) is 50.7. The normalized spacial score (nSPS) is 11.7. The number of rotatable bonds is 3. The SMILES string of the molecule is c1ccc(-c2nc3c4ccccc4c4ccccc4c3nc2-c2cccc(-c3ccc4oc5ccccc5c4c3)c2)cc1. The van der Waals surface area contributed by atoms with E-state index >= 15 is 0 Å². The number of furan rings is 1. The van der Waals surface area contributed by atoms with Gasteiger partial charge in [0.15, 0.2) is 0 Å². The van der Waals surface area contributed by atoms with Crippen LogP contribution in [-0.4, -0.2) is 9.97 Å². The van der Waals surface area contributed by atoms with Crippen molar-refractivity contribution in [1.29, 1.82) is 0 Å². The highest BCUT2D eigenvalue weighted by Crippen LogP contribution is 2.39. The van der Waals surface area contributed by atoms with Gasteiger partial charge in [-0.2, -0.15) is 0 Å². The third-order valence-electron chi connectivity index (χ3n) is 8.44. The Labute approximate surface area is 247 Å². The molecule has 0 fully saturated rings. The van der Waals surface area contributed by atoms with Crippen molar-refractivity contribution in [1.82, 2.24) is 9.97 Å². The van der Waals surface area contributed by atoms with Crippen molar-refractivity contribution in [2.45, 2.75) is 0 Å². The Morgan fingerprint density at radius 1 is 0.326 bits per heavy atom. The number of aromatic nitrogens is 2. The van der Waals surface area contributed by atoms with Crippen molar-refractivity contribution in [3.8, 4) is 33.6 Å². The van der Waals surface area contributed by atoms with E-state index in [4.69, 9.17) is 14.4 Å². The summed E-state index contributed by atoms with van der Waals surface area (Å²) in [7, 11) is 0. The minimum atomic E-state index is 0.871. The summed E-state index contributed by atoms with van der Waals surface area (Å²) in [5.74, 6) is 0. The molecule has 0 unspecified atom stereocenters. The van der Waals surface area contributed by atoms with Gasteiger partial charge in [-0.3, -0.25) is 0 Å². The zero-order valence-corrected chi connectivity index (χ0v) is 23.2. The van der Waals surface area contributed by atoms with Crippen LogP contribution in [0, 0.1) is 0 Å². The number of para-hydroxylation sites is 1. The van der Waals surface area contributed by atoms with E-state index in [1.165, 1.54) is 10.8 Å². The molecule has 0 aliphatic rings. The van der Waals surface area contributed by atoms with E-state index in [0.29, 0.717) is 0 Å². The van der Waals surface area contributed by atoms with Crippen LogP contribution in [0.2, 0.25) is 0 Å². The summed E-state index contributed by atoms with van der Waals surface area (Å²) >= 11 is 0. The number of fused-ring (bicyclic) bond motifs is 9. The number of hydrogen-bond acceptors (Lipinski definition) is 3. The Morgan fingerprint density at radius 2 is 0.837 bits per heavy atom. The summed E-state index contributed by atoms with van der Waals surface area (Å²) in [5.41, 5.74) is 9.71. The minimum Gasteiger partial charge on any atom is -0.456 e. The van der Waals surface area contributed by atoms with Crippen molar-refractivity contribution < 1.29 is 4.42 Å². The molecule has 7 aromatic carbocycles. The highest BCUT2D eigenvalue weighted by molar-refractivity contribution is 6.23. The van der Waals surface area contributed by atoms with Gasteiger partial charge in [0, 0.05) is 32.7 Å². The van der Waals surface area contributed by atoms with Gasteiger partial charge in [-0.15, -0.1) is 0 Å². The second-order valence-electron chi connectivity index (χ2n) is 11.0. The standard InChI is InChI=1S/C40H24N2O/c1-2-11-25(12-3-1)37-38(42-40-33-19-7-5-16-30(33)29-15-4-6-18-32(29)39(40)41-37)28-14-10-13-26(23-28)27-21-22-36-34(24-27)31-17-8-9-20-35(31)43-36/h1-24H. The molecular formula is C40H24N2O. The van der Waals surface area contributed by atoms with Crippen molar-refractivity contribution in [3.05, 3.63) is 146 Å². The lowest BCUT2D eigenvalue weighted by atomic mass is 9.96. The van der Waals surface area contributed by atoms with E-state index in [9.17, 15) is 0 Å². The minimum absolute atomic E-state index is 0.871. The van der Waals surface area contributed by atoms with Crippen LogP contribution in [0.3, 0.4) is 0 Å². The van der Waals surface area contributed by atoms with Gasteiger partial charge in [0.1, 0.15) is 11.2 Å². The zero-order chi connectivity index (χ0) is 28.3. The Hall–Kier alpha value is -5.80. The summed E-state index contributed by atoms with van der Waals surface area (Å²) in [5, 5.41) is 6.84. The van der Waals surface area contributed by atoms with E-state index in [-0.39, 0.29) is 0 Å². The van der Waals surface area contributed by atoms with Crippen LogP contribution in [0.5, 0.6) is 0 Å². The first kappa shape index (κ1) is 23.9. The molecule has 3 heteroatoms. The molecule has 0 N–H and O–H groups in total. The van der Waals surface area contributed by atoms with Gasteiger partial charge in [-0.05, 0) is 46.2 Å². The van der Waals surface area contributed by atoms with Gasteiger partial charge in [-0.25, -0.2) is 9.97 Å². The maximum Gasteiger partial charge on any atom is 0.135 e. The van der Waals surface area contributed by atoms with Gasteiger partial charge in [0.25, 0.3) is 0 Å². The predicted octanol–water partition coefficient (Wildman–Crippen LogP) is 10.8. The number of hydrogen-bond donors (Lipinski definition) is 0. The molecule has 3 nitrogen and oxygen atoms in total. The van der Waals surface area contributed by atoms with E-state index in [1.807, 2.05) is 18.2 Å². The van der Waals surface area contributed by atoms with Crippen LogP contribution < -0.4 is 0 Å². The van der Waals surface area contributed by atoms with Crippen molar-refractivity contribution in [2.24, 2.45) is 0 Å². The summed E-state index contributed by atoms with van der Waals surface area (Å²) < 4.78 is 6.09. The number of benzene rings is 7. The van der Waals surface area contributed by atoms with Crippen LogP contribution in [0.4, 0.5) is 0 Å². The average Bonchev–Trinajstić information content (AvgIpc) is 3.46. The first-order valence-electron chi connectivity index (χ1n) is 14.5. The fourth-order valence-electron chi connectivity index (χ4n) is 6.41. The second kappa shape index (κ2) is 9.37. The van der Waals surface area contributed by atoms with Gasteiger partial charge in [0.2, 0.25) is 0 Å². The summed E-state index contributed by atoms with van der Waals surface area (Å²) in [6.07, 6.45) is 0. The topological polar surface area (TPSA) is 38.9 Å². The second-order valence-corrected chi connectivity index (χ2v) is 11.0. The van der Waals surface area contributed by atoms with Gasteiger partial charge in [-0.1, -0.05) is 121 Å². The molecule has 0 spiro atoms. The fraction of sp³-hybridized carbons (Fsp3) is 0. The van der Waals surface area contributed by atoms with E-state index < -0.39 is 0 Å². The van der Waals surface area contributed by atoms with Gasteiger partial charge >= 0.3 is 0 Å². The molecule has 9 rings (SSSR count). The molecule has 200 valence electrons. The lowest BCUT2D eigenvalue weighted by molar-refractivity contribution is 0.669. The Balaban J connectivity index is 1.31. The third-order valence-corrected chi connectivity index (χ3v) is 8.44. The molecule has 0 saturated carbocycles. The van der Waals surface area contributed by atoms with Crippen molar-refractivity contribution >= 4 is 54.5 Å². The van der Waals surface area contributed by atoms with Crippen LogP contribution in [0.25, 0.3) is 88.2 Å². The van der Waals surface area contributed by atoms with E-state index in [1.54, 1.807) is 0 Å². The lowest BCUT2D eigenvalue weighted by Crippen LogP contribution is -1.97. The molecule has 0 amide bonds. The maximum absolute atomic E-state index is 6.09. The highest BCUT2D eigenvalue weighted by Gasteiger charge is 2.18. The number of nitrogens with zero attached hydrogens (tertiary/aromatic N) is 2. The van der Waals surface area contributed by atoms with Crippen molar-refractivity contribution in [2.75, 3.05) is 0 Å². The molecule has 0 atom stereocenters. The summed E-state index contributed by atoms with van der Waals surface area (Å²) in [6.45, 7) is 0. The van der Waals surface area contributed by atoms with Gasteiger partial charge in [0.05, 0.1) is 22.4 Å². The Kier molecular flexibility index (Phi) is 5.20. The molecule has 0 radical (unpaired) electrons. The fourth-order valence-corrected chi connectivity index (χ4v) is 6.41. The molecule has 0 saturated heterocycles. The molecule has 2 aromatic heterocycles. The monoisotopic (exact) mass is 548 g/mol. The molecule has 0 bridgehead atoms. The van der Waals surface area contributed by atoms with Crippen LogP contribution in [0.1, 0.15) is 0 Å². The first-order chi connectivity index (χ1) is 21.3. The van der Waals surface area contributed by atoms with E-state index in [2.05, 4.69) is 127 Å². The zero-order valence-electron chi connectivity index (χ0n) is 23.2. The molecular weight excluding hydrogens is 524 g/mol. The first-order valence-corrected chi connectivity index (χ1v) is 14.5. The van der Waals surface area contributed by atoms with Gasteiger partial charge < -0.3 is 4.42 Å². The molecule has 43 heavy (non-hydrogen) atoms. The molecule has 0 aliphatic heterocycles. The quantitative estimate of drug-likeness (QED) is 0.206. The maximum atomic E-state index is 6.09. The van der Waals surface area contributed by atoms with Crippen LogP contribution >= 0.6 is 0 Å². The molecule has 0 aliphatic carbocycles. The largest absolute Gasteiger partial charge is 0.456 e. The predicted molar refractivity (Wildman–Crippen MR) is 178 cm³/mol. The van der Waals surface area contributed by atoms with Crippen LogP contribution in [-0.2, 0) is 0 Å². The van der Waals surface area contributed by atoms with E-state index in [0.717, 1.165) is 77.4 Å². The molecule has 2 heterocycles. The highest BCUT2D eigenvalue weighted by atomic mass is 16.3. The van der Waals surface area contributed by atoms with Crippen molar-refractivity contribution in [3.63, 3.8) is 0 Å². The Bertz CT molecular complexity index is 2510. The smallest absolute Gasteiger partial charge is 0.135 e. The Morgan fingerprint density at radius 3 is 1.56 bits per heavy atom.